The monoisotopic (exact) mass is 334 g/mol. The minimum Gasteiger partial charge on any atom is -0.493 e. The van der Waals surface area contributed by atoms with Gasteiger partial charge in [-0.05, 0) is 30.2 Å². The molecule has 23 heavy (non-hydrogen) atoms. The molecule has 6 nitrogen and oxygen atoms in total. The van der Waals surface area contributed by atoms with Crippen LogP contribution in [0.1, 0.15) is 31.7 Å². The van der Waals surface area contributed by atoms with Crippen LogP contribution in [0.2, 0.25) is 0 Å². The smallest absolute Gasteiger partial charge is 0.205 e. The summed E-state index contributed by atoms with van der Waals surface area (Å²) in [6, 6.07) is 5.70. The molecule has 3 N–H and O–H groups in total. The number of ether oxygens (including phenoxy) is 2. The molecule has 1 aromatic heterocycles. The number of nitrogen functional groups attached to an aromatic ring is 1. The lowest BCUT2D eigenvalue weighted by Crippen LogP contribution is -2.00. The summed E-state index contributed by atoms with van der Waals surface area (Å²) in [4.78, 5) is 4.07. The lowest BCUT2D eigenvalue weighted by Gasteiger charge is -2.11. The van der Waals surface area contributed by atoms with Gasteiger partial charge >= 0.3 is 0 Å². The third-order valence-corrected chi connectivity index (χ3v) is 3.85. The van der Waals surface area contributed by atoms with Crippen LogP contribution in [0.25, 0.3) is 0 Å². The van der Waals surface area contributed by atoms with Gasteiger partial charge in [-0.3, -0.25) is 5.43 Å². The summed E-state index contributed by atoms with van der Waals surface area (Å²) in [5.74, 6) is 1.94. The fraction of sp³-hybridized carbons (Fsp3) is 0.375. The minimum absolute atomic E-state index is 0.486. The second-order valence-corrected chi connectivity index (χ2v) is 5.77. The predicted octanol–water partition coefficient (Wildman–Crippen LogP) is 3.75. The Balaban J connectivity index is 1.98. The van der Waals surface area contributed by atoms with Crippen LogP contribution in [-0.2, 0) is 0 Å². The second kappa shape index (κ2) is 8.99. The lowest BCUT2D eigenvalue weighted by molar-refractivity contribution is 0.286. The topological polar surface area (TPSA) is 81.8 Å². The lowest BCUT2D eigenvalue weighted by atomic mass is 10.2. The second-order valence-electron chi connectivity index (χ2n) is 4.91. The summed E-state index contributed by atoms with van der Waals surface area (Å²) in [5, 5.41) is 6.57. The van der Waals surface area contributed by atoms with E-state index in [1.807, 2.05) is 18.2 Å². The van der Waals surface area contributed by atoms with Crippen LogP contribution in [0.3, 0.4) is 0 Å². The molecule has 0 radical (unpaired) electrons. The molecular weight excluding hydrogens is 312 g/mol. The zero-order chi connectivity index (χ0) is 16.5. The van der Waals surface area contributed by atoms with Crippen LogP contribution in [0.5, 0.6) is 11.5 Å². The largest absolute Gasteiger partial charge is 0.493 e. The molecule has 0 amide bonds. The van der Waals surface area contributed by atoms with Gasteiger partial charge in [-0.15, -0.1) is 11.3 Å². The van der Waals surface area contributed by atoms with Crippen molar-refractivity contribution in [2.45, 2.75) is 26.2 Å². The highest BCUT2D eigenvalue weighted by Crippen LogP contribution is 2.28. The Morgan fingerprint density at radius 1 is 1.35 bits per heavy atom. The van der Waals surface area contributed by atoms with E-state index in [1.165, 1.54) is 17.8 Å². The Hall–Kier alpha value is -2.28. The zero-order valence-corrected chi connectivity index (χ0v) is 14.2. The van der Waals surface area contributed by atoms with Crippen LogP contribution in [0, 0.1) is 0 Å². The summed E-state index contributed by atoms with van der Waals surface area (Å²) >= 11 is 1.40. The predicted molar refractivity (Wildman–Crippen MR) is 95.8 cm³/mol. The summed E-state index contributed by atoms with van der Waals surface area (Å²) in [7, 11) is 1.64. The number of benzene rings is 1. The van der Waals surface area contributed by atoms with E-state index in [-0.39, 0.29) is 0 Å². The van der Waals surface area contributed by atoms with E-state index in [0.29, 0.717) is 17.6 Å². The Kier molecular flexibility index (Phi) is 6.68. The first-order valence-corrected chi connectivity index (χ1v) is 8.41. The Morgan fingerprint density at radius 3 is 2.91 bits per heavy atom. The maximum atomic E-state index is 5.80. The molecule has 1 heterocycles. The Labute approximate surface area is 140 Å². The van der Waals surface area contributed by atoms with Gasteiger partial charge in [-0.1, -0.05) is 19.8 Å². The number of methoxy groups -OCH3 is 1. The molecule has 124 valence electrons. The molecule has 0 aliphatic carbocycles. The molecular formula is C16H22N4O2S. The summed E-state index contributed by atoms with van der Waals surface area (Å²) in [6.07, 6.45) is 5.06. The molecule has 0 saturated carbocycles. The van der Waals surface area contributed by atoms with Gasteiger partial charge in [0.25, 0.3) is 0 Å². The summed E-state index contributed by atoms with van der Waals surface area (Å²) in [6.45, 7) is 2.85. The number of anilines is 2. The number of hydrogen-bond acceptors (Lipinski definition) is 7. The third kappa shape index (κ3) is 5.45. The van der Waals surface area contributed by atoms with Gasteiger partial charge in [0.1, 0.15) is 5.82 Å². The van der Waals surface area contributed by atoms with Crippen molar-refractivity contribution < 1.29 is 9.47 Å². The summed E-state index contributed by atoms with van der Waals surface area (Å²) < 4.78 is 11.1. The van der Waals surface area contributed by atoms with Gasteiger partial charge < -0.3 is 15.2 Å². The standard InChI is InChI=1S/C16H22N4O2S/c1-3-4-5-8-22-14-9-12(6-7-13(14)21-2)10-18-20-16-19-15(17)11-23-16/h6-7,9-11H,3-5,8,17H2,1-2H3,(H,19,20). The van der Waals surface area contributed by atoms with Crippen LogP contribution >= 0.6 is 11.3 Å². The average Bonchev–Trinajstić information content (AvgIpc) is 2.97. The van der Waals surface area contributed by atoms with Crippen molar-refractivity contribution in [2.24, 2.45) is 5.10 Å². The molecule has 0 bridgehead atoms. The quantitative estimate of drug-likeness (QED) is 0.415. The minimum atomic E-state index is 0.486. The van der Waals surface area contributed by atoms with Crippen LogP contribution in [-0.4, -0.2) is 24.9 Å². The number of unbranched alkanes of at least 4 members (excludes halogenated alkanes) is 2. The number of nitrogens with one attached hydrogen (secondary N) is 1. The number of hydrogen-bond donors (Lipinski definition) is 2. The highest BCUT2D eigenvalue weighted by atomic mass is 32.1. The highest BCUT2D eigenvalue weighted by Gasteiger charge is 2.05. The van der Waals surface area contributed by atoms with Crippen LogP contribution in [0.4, 0.5) is 10.9 Å². The van der Waals surface area contributed by atoms with Gasteiger partial charge in [0.05, 0.1) is 19.9 Å². The first-order valence-electron chi connectivity index (χ1n) is 7.54. The molecule has 2 rings (SSSR count). The number of thiazole rings is 1. The van der Waals surface area contributed by atoms with Crippen LogP contribution < -0.4 is 20.6 Å². The molecule has 2 aromatic rings. The Bertz CT molecular complexity index is 643. The molecule has 0 atom stereocenters. The molecule has 0 spiro atoms. The van der Waals surface area contributed by atoms with Crippen molar-refractivity contribution in [1.82, 2.24) is 4.98 Å². The number of nitrogens with two attached hydrogens (primary N) is 1. The normalized spacial score (nSPS) is 10.9. The molecule has 0 fully saturated rings. The van der Waals surface area contributed by atoms with E-state index in [0.717, 1.165) is 29.9 Å². The van der Waals surface area contributed by atoms with Crippen molar-refractivity contribution >= 4 is 28.5 Å². The fourth-order valence-electron chi connectivity index (χ4n) is 1.92. The summed E-state index contributed by atoms with van der Waals surface area (Å²) in [5.41, 5.74) is 9.32. The first kappa shape index (κ1) is 17.1. The van der Waals surface area contributed by atoms with Gasteiger partial charge in [0.15, 0.2) is 11.5 Å². The van der Waals surface area contributed by atoms with Crippen molar-refractivity contribution in [2.75, 3.05) is 24.9 Å². The zero-order valence-electron chi connectivity index (χ0n) is 13.4. The number of hydrazone groups is 1. The van der Waals surface area contributed by atoms with Gasteiger partial charge in [-0.2, -0.15) is 5.10 Å². The average molecular weight is 334 g/mol. The van der Waals surface area contributed by atoms with E-state index >= 15 is 0 Å². The molecule has 1 aromatic carbocycles. The van der Waals surface area contributed by atoms with E-state index in [4.69, 9.17) is 15.2 Å². The third-order valence-electron chi connectivity index (χ3n) is 3.09. The highest BCUT2D eigenvalue weighted by molar-refractivity contribution is 7.14. The van der Waals surface area contributed by atoms with Crippen molar-refractivity contribution in [1.29, 1.82) is 0 Å². The molecule has 0 aliphatic heterocycles. The molecule has 0 aliphatic rings. The maximum absolute atomic E-state index is 5.80. The number of nitrogens with zero attached hydrogens (tertiary/aromatic N) is 2. The van der Waals surface area contributed by atoms with Crippen LogP contribution in [0.15, 0.2) is 28.7 Å². The van der Waals surface area contributed by atoms with Gasteiger partial charge in [0, 0.05) is 5.38 Å². The van der Waals surface area contributed by atoms with E-state index in [9.17, 15) is 0 Å². The fourth-order valence-corrected chi connectivity index (χ4v) is 2.47. The maximum Gasteiger partial charge on any atom is 0.205 e. The molecule has 0 saturated heterocycles. The van der Waals surface area contributed by atoms with E-state index < -0.39 is 0 Å². The van der Waals surface area contributed by atoms with Gasteiger partial charge in [0.2, 0.25) is 5.13 Å². The number of rotatable bonds is 9. The van der Waals surface area contributed by atoms with Crippen molar-refractivity contribution in [3.05, 3.63) is 29.1 Å². The molecule has 7 heteroatoms. The Morgan fingerprint density at radius 2 is 2.22 bits per heavy atom. The molecule has 0 unspecified atom stereocenters. The van der Waals surface area contributed by atoms with Gasteiger partial charge in [-0.25, -0.2) is 4.98 Å². The SMILES string of the molecule is CCCCCOc1cc(C=NNc2nc(N)cs2)ccc1OC. The number of aromatic nitrogens is 1. The van der Waals surface area contributed by atoms with Crippen molar-refractivity contribution in [3.8, 4) is 11.5 Å². The van der Waals surface area contributed by atoms with E-state index in [2.05, 4.69) is 22.4 Å². The first-order chi connectivity index (χ1) is 11.2. The van der Waals surface area contributed by atoms with E-state index in [1.54, 1.807) is 18.7 Å². The van der Waals surface area contributed by atoms with Crippen molar-refractivity contribution in [3.63, 3.8) is 0 Å².